The lowest BCUT2D eigenvalue weighted by molar-refractivity contribution is -0.138. The molecule has 2 rings (SSSR count). The molecule has 0 saturated carbocycles. The number of hydrogen-bond donors (Lipinski definition) is 1. The molecule has 4 heteroatoms. The van der Waals surface area contributed by atoms with Gasteiger partial charge in [-0.15, -0.1) is 0 Å². The predicted octanol–water partition coefficient (Wildman–Crippen LogP) is 4.31. The Morgan fingerprint density at radius 2 is 1.37 bits per heavy atom. The van der Waals surface area contributed by atoms with Gasteiger partial charge in [0, 0.05) is 6.04 Å². The average Bonchev–Trinajstić information content (AvgIpc) is 2.38. The van der Waals surface area contributed by atoms with Crippen molar-refractivity contribution in [1.82, 2.24) is 0 Å². The average molecular weight is 265 g/mol. The van der Waals surface area contributed by atoms with Gasteiger partial charge in [0.15, 0.2) is 0 Å². The van der Waals surface area contributed by atoms with Gasteiger partial charge in [-0.3, -0.25) is 0 Å². The third-order valence-corrected chi connectivity index (χ3v) is 2.90. The van der Waals surface area contributed by atoms with Gasteiger partial charge in [0.25, 0.3) is 0 Å². The lowest BCUT2D eigenvalue weighted by atomic mass is 9.99. The minimum atomic E-state index is -4.24. The van der Waals surface area contributed by atoms with E-state index in [9.17, 15) is 13.2 Å². The van der Waals surface area contributed by atoms with Crippen LogP contribution >= 0.6 is 0 Å². The summed E-state index contributed by atoms with van der Waals surface area (Å²) >= 11 is 0. The first-order valence-corrected chi connectivity index (χ1v) is 5.93. The van der Waals surface area contributed by atoms with Crippen LogP contribution < -0.4 is 5.73 Å². The third-order valence-electron chi connectivity index (χ3n) is 2.90. The third kappa shape index (κ3) is 3.83. The Labute approximate surface area is 109 Å². The maximum atomic E-state index is 12.3. The molecule has 0 bridgehead atoms. The minimum absolute atomic E-state index is 0.497. The Balaban J connectivity index is 2.15. The number of benzene rings is 2. The summed E-state index contributed by atoms with van der Waals surface area (Å²) in [6, 6.07) is 15.5. The molecule has 0 heterocycles. The van der Waals surface area contributed by atoms with Crippen molar-refractivity contribution in [2.24, 2.45) is 5.73 Å². The van der Waals surface area contributed by atoms with Crippen molar-refractivity contribution in [2.45, 2.75) is 18.6 Å². The maximum absolute atomic E-state index is 12.3. The van der Waals surface area contributed by atoms with Crippen LogP contribution in [0.5, 0.6) is 0 Å². The molecule has 19 heavy (non-hydrogen) atoms. The topological polar surface area (TPSA) is 26.0 Å². The molecule has 0 aliphatic heterocycles. The van der Waals surface area contributed by atoms with Crippen LogP contribution in [0, 0.1) is 0 Å². The molecule has 2 aromatic carbocycles. The molecule has 0 unspecified atom stereocenters. The van der Waals surface area contributed by atoms with Gasteiger partial charge in [-0.1, -0.05) is 54.6 Å². The zero-order valence-electron chi connectivity index (χ0n) is 10.2. The fraction of sp³-hybridized carbons (Fsp3) is 0.200. The summed E-state index contributed by atoms with van der Waals surface area (Å²) in [5, 5.41) is 0. The number of alkyl halides is 3. The van der Waals surface area contributed by atoms with E-state index in [1.54, 1.807) is 24.3 Å². The summed E-state index contributed by atoms with van der Waals surface area (Å²) in [4.78, 5) is 0. The van der Waals surface area contributed by atoms with Gasteiger partial charge in [0.05, 0.1) is 6.42 Å². The highest BCUT2D eigenvalue weighted by molar-refractivity contribution is 5.63. The first kappa shape index (κ1) is 13.6. The fourth-order valence-corrected chi connectivity index (χ4v) is 1.92. The summed E-state index contributed by atoms with van der Waals surface area (Å²) in [6.45, 7) is 0. The summed E-state index contributed by atoms with van der Waals surface area (Å²) in [5.74, 6) is 0. The molecule has 100 valence electrons. The molecule has 0 fully saturated rings. The summed E-state index contributed by atoms with van der Waals surface area (Å²) < 4.78 is 36.8. The SMILES string of the molecule is N[C@H](CC(F)(F)F)c1ccc(-c2ccccc2)cc1. The highest BCUT2D eigenvalue weighted by atomic mass is 19.4. The second-order valence-electron chi connectivity index (χ2n) is 4.41. The van der Waals surface area contributed by atoms with Crippen LogP contribution in [0.15, 0.2) is 54.6 Å². The number of rotatable bonds is 3. The van der Waals surface area contributed by atoms with Gasteiger partial charge < -0.3 is 5.73 Å². The van der Waals surface area contributed by atoms with Gasteiger partial charge in [0.1, 0.15) is 0 Å². The smallest absolute Gasteiger partial charge is 0.324 e. The Kier molecular flexibility index (Phi) is 3.90. The quantitative estimate of drug-likeness (QED) is 0.879. The van der Waals surface area contributed by atoms with Crippen LogP contribution in [0.1, 0.15) is 18.0 Å². The van der Waals surface area contributed by atoms with Gasteiger partial charge in [-0.05, 0) is 16.7 Å². The Morgan fingerprint density at radius 3 is 1.89 bits per heavy atom. The minimum Gasteiger partial charge on any atom is -0.324 e. The summed E-state index contributed by atoms with van der Waals surface area (Å²) in [6.07, 6.45) is -5.24. The number of nitrogens with two attached hydrogens (primary N) is 1. The van der Waals surface area contributed by atoms with Crippen LogP contribution in [0.25, 0.3) is 11.1 Å². The highest BCUT2D eigenvalue weighted by Gasteiger charge is 2.30. The van der Waals surface area contributed by atoms with E-state index < -0.39 is 18.6 Å². The van der Waals surface area contributed by atoms with E-state index in [0.29, 0.717) is 5.56 Å². The molecule has 1 nitrogen and oxygen atoms in total. The molecule has 0 aromatic heterocycles. The van der Waals surface area contributed by atoms with Crippen LogP contribution in [0.2, 0.25) is 0 Å². The Morgan fingerprint density at radius 1 is 0.842 bits per heavy atom. The van der Waals surface area contributed by atoms with Gasteiger partial charge in [0.2, 0.25) is 0 Å². The molecule has 0 amide bonds. The van der Waals surface area contributed by atoms with Crippen LogP contribution in [-0.4, -0.2) is 6.18 Å². The monoisotopic (exact) mass is 265 g/mol. The maximum Gasteiger partial charge on any atom is 0.390 e. The first-order chi connectivity index (χ1) is 8.96. The van der Waals surface area contributed by atoms with Crippen LogP contribution in [0.3, 0.4) is 0 Å². The van der Waals surface area contributed by atoms with Crippen molar-refractivity contribution in [1.29, 1.82) is 0 Å². The van der Waals surface area contributed by atoms with Gasteiger partial charge in [-0.25, -0.2) is 0 Å². The first-order valence-electron chi connectivity index (χ1n) is 5.93. The van der Waals surface area contributed by atoms with E-state index in [2.05, 4.69) is 0 Å². The molecule has 2 N–H and O–H groups in total. The standard InChI is InChI=1S/C15H14F3N/c16-15(17,18)10-14(19)13-8-6-12(7-9-13)11-4-2-1-3-5-11/h1-9,14H,10,19H2/t14-/m1/s1. The van der Waals surface area contributed by atoms with E-state index in [1.807, 2.05) is 30.3 Å². The Bertz CT molecular complexity index is 517. The second kappa shape index (κ2) is 5.45. The van der Waals surface area contributed by atoms with E-state index in [4.69, 9.17) is 5.73 Å². The van der Waals surface area contributed by atoms with E-state index in [1.165, 1.54) is 0 Å². The molecule has 0 saturated heterocycles. The van der Waals surface area contributed by atoms with Crippen molar-refractivity contribution in [3.63, 3.8) is 0 Å². The fourth-order valence-electron chi connectivity index (χ4n) is 1.92. The van der Waals surface area contributed by atoms with Crippen molar-refractivity contribution in [3.05, 3.63) is 60.2 Å². The zero-order chi connectivity index (χ0) is 13.9. The Hall–Kier alpha value is -1.81. The molecule has 1 atom stereocenters. The van der Waals surface area contributed by atoms with Crippen LogP contribution in [0.4, 0.5) is 13.2 Å². The second-order valence-corrected chi connectivity index (χ2v) is 4.41. The van der Waals surface area contributed by atoms with Crippen molar-refractivity contribution < 1.29 is 13.2 Å². The van der Waals surface area contributed by atoms with Crippen molar-refractivity contribution in [2.75, 3.05) is 0 Å². The molecule has 0 aliphatic rings. The van der Waals surface area contributed by atoms with Gasteiger partial charge in [-0.2, -0.15) is 13.2 Å². The lowest BCUT2D eigenvalue weighted by Crippen LogP contribution is -2.20. The molecule has 0 radical (unpaired) electrons. The zero-order valence-corrected chi connectivity index (χ0v) is 10.2. The van der Waals surface area contributed by atoms with Crippen LogP contribution in [-0.2, 0) is 0 Å². The van der Waals surface area contributed by atoms with Crippen molar-refractivity contribution in [3.8, 4) is 11.1 Å². The highest BCUT2D eigenvalue weighted by Crippen LogP contribution is 2.29. The van der Waals surface area contributed by atoms with E-state index >= 15 is 0 Å². The van der Waals surface area contributed by atoms with Gasteiger partial charge >= 0.3 is 6.18 Å². The largest absolute Gasteiger partial charge is 0.390 e. The number of halogens is 3. The normalized spacial score (nSPS) is 13.3. The molecule has 0 aliphatic carbocycles. The molecular formula is C15H14F3N. The van der Waals surface area contributed by atoms with E-state index in [0.717, 1.165) is 11.1 Å². The van der Waals surface area contributed by atoms with E-state index in [-0.39, 0.29) is 0 Å². The predicted molar refractivity (Wildman–Crippen MR) is 69.5 cm³/mol. The molecule has 0 spiro atoms. The summed E-state index contributed by atoms with van der Waals surface area (Å²) in [5.41, 5.74) is 8.04. The molecule has 2 aromatic rings. The molecular weight excluding hydrogens is 251 g/mol. The summed E-state index contributed by atoms with van der Waals surface area (Å²) in [7, 11) is 0. The lowest BCUT2D eigenvalue weighted by Gasteiger charge is -2.14. The van der Waals surface area contributed by atoms with Crippen molar-refractivity contribution >= 4 is 0 Å². The number of hydrogen-bond acceptors (Lipinski definition) is 1.